The van der Waals surface area contributed by atoms with Gasteiger partial charge >= 0.3 is 0 Å². The van der Waals surface area contributed by atoms with Crippen molar-refractivity contribution in [3.05, 3.63) is 65.8 Å². The molecule has 1 saturated carbocycles. The number of nitrogens with zero attached hydrogens (tertiary/aromatic N) is 4. The smallest absolute Gasteiger partial charge is 0.225 e. The van der Waals surface area contributed by atoms with Crippen LogP contribution in [-0.2, 0) is 4.79 Å². The summed E-state index contributed by atoms with van der Waals surface area (Å²) < 4.78 is 0. The Balaban J connectivity index is 1.23. The van der Waals surface area contributed by atoms with Crippen LogP contribution in [0.4, 0.5) is 5.95 Å². The quantitative estimate of drug-likeness (QED) is 0.381. The Morgan fingerprint density at radius 3 is 2.32 bits per heavy atom. The van der Waals surface area contributed by atoms with Crippen LogP contribution >= 0.6 is 11.6 Å². The number of benzene rings is 2. The topological polar surface area (TPSA) is 49.3 Å². The van der Waals surface area contributed by atoms with Crippen molar-refractivity contribution in [1.82, 2.24) is 14.9 Å². The number of amides is 1. The number of carbonyl (C=O) groups excluding carboxylic acids is 1. The molecule has 0 radical (unpaired) electrons. The first kappa shape index (κ1) is 24.4. The number of halogens is 1. The Hall–Kier alpha value is -2.92. The zero-order valence-electron chi connectivity index (χ0n) is 21.4. The van der Waals surface area contributed by atoms with E-state index in [9.17, 15) is 4.79 Å². The molecule has 3 heterocycles. The van der Waals surface area contributed by atoms with Gasteiger partial charge in [-0.05, 0) is 61.6 Å². The molecule has 5 nitrogen and oxygen atoms in total. The number of hydrogen-bond acceptors (Lipinski definition) is 4. The zero-order chi connectivity index (χ0) is 25.2. The second-order valence-corrected chi connectivity index (χ2v) is 11.6. The standard InChI is InChI=1S/C31H35ClN4O/c32-26-13-11-24(12-14-26)28-27(23-7-2-1-3-8-23)21-33-30(34-28)36-18-6-15-31(22-36)16-19-35(20-17-31)29(37)25-9-4-5-10-25/h1-3,7-8,11-14,21,25H,4-6,9-10,15-20,22H2. The Kier molecular flexibility index (Phi) is 6.90. The number of anilines is 1. The van der Waals surface area contributed by atoms with E-state index < -0.39 is 0 Å². The molecule has 2 saturated heterocycles. The van der Waals surface area contributed by atoms with E-state index in [0.29, 0.717) is 5.91 Å². The van der Waals surface area contributed by atoms with Gasteiger partial charge in [0, 0.05) is 54.4 Å². The van der Waals surface area contributed by atoms with Crippen LogP contribution in [0.15, 0.2) is 60.8 Å². The minimum Gasteiger partial charge on any atom is -0.342 e. The molecule has 1 aromatic heterocycles. The Morgan fingerprint density at radius 2 is 1.59 bits per heavy atom. The highest BCUT2D eigenvalue weighted by atomic mass is 35.5. The summed E-state index contributed by atoms with van der Waals surface area (Å²) in [6, 6.07) is 18.3. The molecule has 2 aromatic carbocycles. The monoisotopic (exact) mass is 514 g/mol. The molecule has 6 heteroatoms. The summed E-state index contributed by atoms with van der Waals surface area (Å²) in [7, 11) is 0. The fourth-order valence-electron chi connectivity index (χ4n) is 6.60. The number of piperidine rings is 2. The molecule has 3 aromatic rings. The van der Waals surface area contributed by atoms with Crippen molar-refractivity contribution in [2.45, 2.75) is 51.4 Å². The number of carbonyl (C=O) groups is 1. The Morgan fingerprint density at radius 1 is 0.865 bits per heavy atom. The minimum absolute atomic E-state index is 0.243. The lowest BCUT2D eigenvalue weighted by Crippen LogP contribution is -2.51. The van der Waals surface area contributed by atoms with Crippen molar-refractivity contribution in [3.8, 4) is 22.4 Å². The van der Waals surface area contributed by atoms with Crippen LogP contribution in [-0.4, -0.2) is 47.0 Å². The zero-order valence-corrected chi connectivity index (χ0v) is 22.2. The summed E-state index contributed by atoms with van der Waals surface area (Å²) in [5.41, 5.74) is 4.35. The van der Waals surface area contributed by atoms with Crippen LogP contribution < -0.4 is 4.90 Å². The summed E-state index contributed by atoms with van der Waals surface area (Å²) in [4.78, 5) is 27.6. The van der Waals surface area contributed by atoms with E-state index in [2.05, 4.69) is 21.9 Å². The van der Waals surface area contributed by atoms with E-state index in [0.717, 1.165) is 91.6 Å². The van der Waals surface area contributed by atoms with E-state index in [1.165, 1.54) is 19.3 Å². The molecule has 37 heavy (non-hydrogen) atoms. The van der Waals surface area contributed by atoms with Gasteiger partial charge in [-0.3, -0.25) is 4.79 Å². The van der Waals surface area contributed by atoms with Gasteiger partial charge in [0.1, 0.15) is 0 Å². The largest absolute Gasteiger partial charge is 0.342 e. The lowest BCUT2D eigenvalue weighted by atomic mass is 9.72. The van der Waals surface area contributed by atoms with Crippen molar-refractivity contribution in [2.75, 3.05) is 31.1 Å². The molecule has 0 bridgehead atoms. The summed E-state index contributed by atoms with van der Waals surface area (Å²) >= 11 is 6.19. The van der Waals surface area contributed by atoms with Crippen molar-refractivity contribution in [3.63, 3.8) is 0 Å². The first-order valence-electron chi connectivity index (χ1n) is 13.8. The van der Waals surface area contributed by atoms with Crippen LogP contribution in [0.5, 0.6) is 0 Å². The molecule has 0 unspecified atom stereocenters. The molecule has 6 rings (SSSR count). The fraction of sp³-hybridized carbons (Fsp3) is 0.452. The molecule has 192 valence electrons. The van der Waals surface area contributed by atoms with E-state index in [1.807, 2.05) is 48.7 Å². The van der Waals surface area contributed by atoms with Gasteiger partial charge in [0.05, 0.1) is 5.69 Å². The third-order valence-electron chi connectivity index (χ3n) is 8.76. The number of rotatable bonds is 4. The third-order valence-corrected chi connectivity index (χ3v) is 9.01. The van der Waals surface area contributed by atoms with Crippen molar-refractivity contribution >= 4 is 23.5 Å². The summed E-state index contributed by atoms with van der Waals surface area (Å²) in [5, 5.41) is 0.718. The van der Waals surface area contributed by atoms with Crippen molar-refractivity contribution in [1.29, 1.82) is 0 Å². The number of aromatic nitrogens is 2. The highest BCUT2D eigenvalue weighted by Gasteiger charge is 2.41. The van der Waals surface area contributed by atoms with Gasteiger partial charge in [-0.15, -0.1) is 0 Å². The van der Waals surface area contributed by atoms with E-state index in [-0.39, 0.29) is 11.3 Å². The number of hydrogen-bond donors (Lipinski definition) is 0. The molecule has 3 fully saturated rings. The van der Waals surface area contributed by atoms with E-state index in [4.69, 9.17) is 21.6 Å². The summed E-state index contributed by atoms with van der Waals surface area (Å²) in [5.74, 6) is 1.49. The van der Waals surface area contributed by atoms with E-state index in [1.54, 1.807) is 0 Å². The van der Waals surface area contributed by atoms with Crippen LogP contribution in [0.3, 0.4) is 0 Å². The van der Waals surface area contributed by atoms with Gasteiger partial charge < -0.3 is 9.80 Å². The molecule has 1 amide bonds. The SMILES string of the molecule is O=C(C1CCCC1)N1CCC2(CCCN(c3ncc(-c4ccccc4)c(-c4ccc(Cl)cc4)n3)C2)CC1. The molecule has 1 spiro atoms. The molecule has 3 aliphatic rings. The van der Waals surface area contributed by atoms with E-state index >= 15 is 0 Å². The predicted octanol–water partition coefficient (Wildman–Crippen LogP) is 6.86. The maximum atomic E-state index is 13.0. The molecule has 1 aliphatic carbocycles. The predicted molar refractivity (Wildman–Crippen MR) is 150 cm³/mol. The first-order valence-corrected chi connectivity index (χ1v) is 14.2. The normalized spacial score (nSPS) is 19.9. The first-order chi connectivity index (χ1) is 18.1. The van der Waals surface area contributed by atoms with Crippen LogP contribution in [0.1, 0.15) is 51.4 Å². The lowest BCUT2D eigenvalue weighted by Gasteiger charge is -2.48. The van der Waals surface area contributed by atoms with Gasteiger partial charge in [-0.2, -0.15) is 0 Å². The lowest BCUT2D eigenvalue weighted by molar-refractivity contribution is -0.137. The Labute approximate surface area is 224 Å². The van der Waals surface area contributed by atoms with Gasteiger partial charge in [0.15, 0.2) is 0 Å². The molecule has 0 N–H and O–H groups in total. The van der Waals surface area contributed by atoms with Gasteiger partial charge in [-0.25, -0.2) is 9.97 Å². The summed E-state index contributed by atoms with van der Waals surface area (Å²) in [6.07, 6.45) is 11.1. The third kappa shape index (κ3) is 5.11. The van der Waals surface area contributed by atoms with Gasteiger partial charge in [0.2, 0.25) is 11.9 Å². The average molecular weight is 515 g/mol. The maximum Gasteiger partial charge on any atom is 0.225 e. The second-order valence-electron chi connectivity index (χ2n) is 11.1. The second kappa shape index (κ2) is 10.4. The van der Waals surface area contributed by atoms with Gasteiger partial charge in [-0.1, -0.05) is 66.9 Å². The van der Waals surface area contributed by atoms with Crippen molar-refractivity contribution < 1.29 is 4.79 Å². The summed E-state index contributed by atoms with van der Waals surface area (Å²) in [6.45, 7) is 3.72. The molecule has 0 atom stereocenters. The highest BCUT2D eigenvalue weighted by molar-refractivity contribution is 6.30. The van der Waals surface area contributed by atoms with Crippen LogP contribution in [0.25, 0.3) is 22.4 Å². The molecule has 2 aliphatic heterocycles. The van der Waals surface area contributed by atoms with Crippen molar-refractivity contribution in [2.24, 2.45) is 11.3 Å². The maximum absolute atomic E-state index is 13.0. The van der Waals surface area contributed by atoms with Crippen LogP contribution in [0.2, 0.25) is 5.02 Å². The Bertz CT molecular complexity index is 1230. The molecular formula is C31H35ClN4O. The molecular weight excluding hydrogens is 480 g/mol. The van der Waals surface area contributed by atoms with Gasteiger partial charge in [0.25, 0.3) is 0 Å². The minimum atomic E-state index is 0.243. The fourth-order valence-corrected chi connectivity index (χ4v) is 6.73. The average Bonchev–Trinajstić information content (AvgIpc) is 3.49. The highest BCUT2D eigenvalue weighted by Crippen LogP contribution is 2.42. The number of likely N-dealkylation sites (tertiary alicyclic amines) is 1. The van der Waals surface area contributed by atoms with Crippen LogP contribution in [0, 0.1) is 11.3 Å².